The normalized spacial score (nSPS) is 24.2. The lowest BCUT2D eigenvalue weighted by atomic mass is 9.97. The van der Waals surface area contributed by atoms with Crippen molar-refractivity contribution in [1.82, 2.24) is 4.31 Å². The van der Waals surface area contributed by atoms with E-state index in [1.54, 1.807) is 17.3 Å². The van der Waals surface area contributed by atoms with Crippen molar-refractivity contribution in [3.8, 4) is 0 Å². The predicted molar refractivity (Wildman–Crippen MR) is 83.9 cm³/mol. The van der Waals surface area contributed by atoms with Crippen LogP contribution in [-0.4, -0.2) is 30.4 Å². The van der Waals surface area contributed by atoms with Crippen molar-refractivity contribution in [3.05, 3.63) is 28.3 Å². The maximum atomic E-state index is 13.0. The molecule has 0 spiro atoms. The summed E-state index contributed by atoms with van der Waals surface area (Å²) in [6, 6.07) is 3.08. The van der Waals surface area contributed by atoms with Crippen LogP contribution in [0.2, 0.25) is 5.02 Å². The second-order valence-corrected chi connectivity index (χ2v) is 8.25. The average molecular weight is 332 g/mol. The van der Waals surface area contributed by atoms with Gasteiger partial charge in [-0.05, 0) is 55.9 Å². The van der Waals surface area contributed by atoms with Crippen LogP contribution in [0.25, 0.3) is 0 Å². The molecule has 1 N–H and O–H groups in total. The molecule has 0 radical (unpaired) electrons. The van der Waals surface area contributed by atoms with Crippen LogP contribution >= 0.6 is 11.6 Å². The summed E-state index contributed by atoms with van der Waals surface area (Å²) in [5, 5.41) is 9.70. The highest BCUT2D eigenvalue weighted by atomic mass is 35.5. The van der Waals surface area contributed by atoms with E-state index < -0.39 is 10.0 Å². The zero-order chi connectivity index (χ0) is 15.8. The lowest BCUT2D eigenvalue weighted by Gasteiger charge is -2.36. The largest absolute Gasteiger partial charge is 0.392 e. The van der Waals surface area contributed by atoms with Gasteiger partial charge in [0.1, 0.15) is 0 Å². The van der Waals surface area contributed by atoms with Crippen molar-refractivity contribution >= 4 is 21.6 Å². The smallest absolute Gasteiger partial charge is 0.243 e. The maximum Gasteiger partial charge on any atom is 0.243 e. The summed E-state index contributed by atoms with van der Waals surface area (Å²) in [5.74, 6) is 0.354. The highest BCUT2D eigenvalue weighted by molar-refractivity contribution is 7.89. The minimum absolute atomic E-state index is 0.0119. The van der Waals surface area contributed by atoms with E-state index in [-0.39, 0.29) is 17.5 Å². The zero-order valence-corrected chi connectivity index (χ0v) is 14.2. The molecule has 0 aromatic heterocycles. The van der Waals surface area contributed by atoms with Crippen LogP contribution in [0.15, 0.2) is 17.0 Å². The lowest BCUT2D eigenvalue weighted by Crippen LogP contribution is -2.45. The van der Waals surface area contributed by atoms with E-state index in [1.807, 2.05) is 6.92 Å². The monoisotopic (exact) mass is 331 g/mol. The van der Waals surface area contributed by atoms with Gasteiger partial charge < -0.3 is 5.11 Å². The van der Waals surface area contributed by atoms with E-state index in [0.29, 0.717) is 28.6 Å². The quantitative estimate of drug-likeness (QED) is 0.926. The number of hydrogen-bond acceptors (Lipinski definition) is 3. The van der Waals surface area contributed by atoms with Gasteiger partial charge in [0.05, 0.1) is 11.5 Å². The number of nitrogens with zero attached hydrogens (tertiary/aromatic N) is 1. The van der Waals surface area contributed by atoms with Crippen molar-refractivity contribution in [1.29, 1.82) is 0 Å². The van der Waals surface area contributed by atoms with Gasteiger partial charge in [-0.2, -0.15) is 4.31 Å². The molecule has 21 heavy (non-hydrogen) atoms. The Balaban J connectivity index is 2.51. The van der Waals surface area contributed by atoms with E-state index in [9.17, 15) is 13.5 Å². The molecule has 2 atom stereocenters. The van der Waals surface area contributed by atoms with E-state index >= 15 is 0 Å². The predicted octanol–water partition coefficient (Wildman–Crippen LogP) is 2.95. The van der Waals surface area contributed by atoms with Crippen LogP contribution in [0.4, 0.5) is 0 Å². The van der Waals surface area contributed by atoms with Crippen LogP contribution < -0.4 is 0 Å². The van der Waals surface area contributed by atoms with Gasteiger partial charge in [-0.15, -0.1) is 0 Å². The number of aliphatic hydroxyl groups is 1. The molecule has 1 fully saturated rings. The Morgan fingerprint density at radius 3 is 2.62 bits per heavy atom. The molecule has 0 amide bonds. The molecule has 118 valence electrons. The molecule has 1 heterocycles. The molecule has 6 heteroatoms. The number of halogens is 1. The third-order valence-corrected chi connectivity index (χ3v) is 6.57. The van der Waals surface area contributed by atoms with E-state index in [2.05, 4.69) is 6.92 Å². The number of piperidine rings is 1. The summed E-state index contributed by atoms with van der Waals surface area (Å²) in [7, 11) is -3.59. The first-order valence-electron chi connectivity index (χ1n) is 7.19. The van der Waals surface area contributed by atoms with Gasteiger partial charge in [-0.3, -0.25) is 0 Å². The van der Waals surface area contributed by atoms with Crippen molar-refractivity contribution in [2.45, 2.75) is 51.2 Å². The molecule has 1 aromatic rings. The van der Waals surface area contributed by atoms with E-state index in [0.717, 1.165) is 12.8 Å². The minimum Gasteiger partial charge on any atom is -0.392 e. The summed E-state index contributed by atoms with van der Waals surface area (Å²) in [6.07, 6.45) is 1.91. The molecule has 0 aliphatic carbocycles. The van der Waals surface area contributed by atoms with Gasteiger partial charge in [-0.25, -0.2) is 8.42 Å². The maximum absolute atomic E-state index is 13.0. The molecular weight excluding hydrogens is 310 g/mol. The molecule has 1 aliphatic rings. The van der Waals surface area contributed by atoms with Gasteiger partial charge in [0.2, 0.25) is 10.0 Å². The molecule has 2 unspecified atom stereocenters. The molecule has 1 aromatic carbocycles. The standard InChI is InChI=1S/C15H22ClNO3S/c1-10-4-5-11(2)17(8-10)21(19,20)15-7-14(16)6-13(9-18)12(15)3/h6-7,10-11,18H,4-5,8-9H2,1-3H3. The van der Waals surface area contributed by atoms with E-state index in [1.165, 1.54) is 6.07 Å². The van der Waals surface area contributed by atoms with E-state index in [4.69, 9.17) is 11.6 Å². The lowest BCUT2D eigenvalue weighted by molar-refractivity contribution is 0.218. The van der Waals surface area contributed by atoms with Crippen molar-refractivity contribution in [2.24, 2.45) is 5.92 Å². The number of sulfonamides is 1. The van der Waals surface area contributed by atoms with Crippen molar-refractivity contribution in [3.63, 3.8) is 0 Å². The van der Waals surface area contributed by atoms with Gasteiger partial charge in [0.15, 0.2) is 0 Å². The van der Waals surface area contributed by atoms with Gasteiger partial charge >= 0.3 is 0 Å². The Labute approximate surface area is 131 Å². The van der Waals surface area contributed by atoms with Gasteiger partial charge in [-0.1, -0.05) is 18.5 Å². The number of rotatable bonds is 3. The highest BCUT2D eigenvalue weighted by Crippen LogP contribution is 2.32. The second-order valence-electron chi connectivity index (χ2n) is 5.95. The zero-order valence-electron chi connectivity index (χ0n) is 12.6. The Morgan fingerprint density at radius 1 is 1.33 bits per heavy atom. The second kappa shape index (κ2) is 6.24. The molecule has 4 nitrogen and oxygen atoms in total. The van der Waals surface area contributed by atoms with Crippen LogP contribution in [0.1, 0.15) is 37.8 Å². The number of hydrogen-bond donors (Lipinski definition) is 1. The minimum atomic E-state index is -3.59. The summed E-state index contributed by atoms with van der Waals surface area (Å²) in [4.78, 5) is 0.208. The Bertz CT molecular complexity index is 630. The van der Waals surface area contributed by atoms with Crippen molar-refractivity contribution in [2.75, 3.05) is 6.54 Å². The third-order valence-electron chi connectivity index (χ3n) is 4.25. The van der Waals surface area contributed by atoms with Crippen LogP contribution in [-0.2, 0) is 16.6 Å². The fourth-order valence-electron chi connectivity index (χ4n) is 2.85. The summed E-state index contributed by atoms with van der Waals surface area (Å²) in [5.41, 5.74) is 1.13. The number of benzene rings is 1. The van der Waals surface area contributed by atoms with Gasteiger partial charge in [0.25, 0.3) is 0 Å². The fraction of sp³-hybridized carbons (Fsp3) is 0.600. The Kier molecular flexibility index (Phi) is 4.98. The number of aliphatic hydroxyl groups excluding tert-OH is 1. The summed E-state index contributed by atoms with van der Waals surface area (Å²) in [6.45, 7) is 6.03. The first kappa shape index (κ1) is 16.7. The van der Waals surface area contributed by atoms with Gasteiger partial charge in [0, 0.05) is 17.6 Å². The van der Waals surface area contributed by atoms with Crippen LogP contribution in [0, 0.1) is 12.8 Å². The molecule has 0 saturated carbocycles. The molecule has 1 saturated heterocycles. The van der Waals surface area contributed by atoms with Crippen LogP contribution in [0.3, 0.4) is 0 Å². The topological polar surface area (TPSA) is 57.6 Å². The van der Waals surface area contributed by atoms with Crippen molar-refractivity contribution < 1.29 is 13.5 Å². The van der Waals surface area contributed by atoms with Crippen LogP contribution in [0.5, 0.6) is 0 Å². The molecule has 1 aliphatic heterocycles. The first-order chi connectivity index (χ1) is 9.77. The molecule has 0 bridgehead atoms. The molecular formula is C15H22ClNO3S. The molecule has 2 rings (SSSR count). The first-order valence-corrected chi connectivity index (χ1v) is 9.01. The highest BCUT2D eigenvalue weighted by Gasteiger charge is 2.34. The average Bonchev–Trinajstić information content (AvgIpc) is 2.43. The Hall–Kier alpha value is -0.620. The summed E-state index contributed by atoms with van der Waals surface area (Å²) >= 11 is 6.02. The third kappa shape index (κ3) is 3.26. The SMILES string of the molecule is Cc1c(CO)cc(Cl)cc1S(=O)(=O)N1CC(C)CCC1C. The summed E-state index contributed by atoms with van der Waals surface area (Å²) < 4.78 is 27.5. The fourth-order valence-corrected chi connectivity index (χ4v) is 5.23. The Morgan fingerprint density at radius 2 is 2.00 bits per heavy atom.